The number of halogens is 1. The molecule has 0 atom stereocenters. The zero-order valence-electron chi connectivity index (χ0n) is 12.9. The van der Waals surface area contributed by atoms with E-state index in [1.807, 2.05) is 29.2 Å². The molecule has 0 saturated carbocycles. The van der Waals surface area contributed by atoms with Gasteiger partial charge in [-0.3, -0.25) is 9.59 Å². The van der Waals surface area contributed by atoms with E-state index in [1.54, 1.807) is 0 Å². The van der Waals surface area contributed by atoms with E-state index in [0.717, 1.165) is 23.8 Å². The Balaban J connectivity index is 1.43. The molecule has 2 saturated heterocycles. The first kappa shape index (κ1) is 16.1. The van der Waals surface area contributed by atoms with Crippen molar-refractivity contribution in [2.75, 3.05) is 50.7 Å². The fraction of sp³-hybridized carbons (Fsp3) is 0.500. The lowest BCUT2D eigenvalue weighted by atomic mass is 10.0. The SMILES string of the molecule is O=C(NCC(=O)N1CCN(c2ccc(Cl)cc2)CC1)C1CNC1. The van der Waals surface area contributed by atoms with Crippen LogP contribution in [0.3, 0.4) is 0 Å². The Labute approximate surface area is 140 Å². The molecule has 0 bridgehead atoms. The van der Waals surface area contributed by atoms with Crippen LogP contribution >= 0.6 is 11.6 Å². The molecule has 1 aromatic carbocycles. The average Bonchev–Trinajstić information content (AvgIpc) is 2.52. The molecule has 0 aromatic heterocycles. The van der Waals surface area contributed by atoms with E-state index in [0.29, 0.717) is 26.2 Å². The number of carbonyl (C=O) groups is 2. The predicted octanol–water partition coefficient (Wildman–Crippen LogP) is 0.324. The van der Waals surface area contributed by atoms with Gasteiger partial charge in [-0.2, -0.15) is 0 Å². The molecular formula is C16H21ClN4O2. The Morgan fingerprint density at radius 3 is 2.35 bits per heavy atom. The number of nitrogens with zero attached hydrogens (tertiary/aromatic N) is 2. The summed E-state index contributed by atoms with van der Waals surface area (Å²) in [6.45, 7) is 4.42. The third-order valence-electron chi connectivity index (χ3n) is 4.39. The Bertz CT molecular complexity index is 566. The lowest BCUT2D eigenvalue weighted by Crippen LogP contribution is -2.54. The van der Waals surface area contributed by atoms with Gasteiger partial charge in [-0.15, -0.1) is 0 Å². The molecule has 0 spiro atoms. The van der Waals surface area contributed by atoms with Crippen LogP contribution in [0.4, 0.5) is 5.69 Å². The highest BCUT2D eigenvalue weighted by Crippen LogP contribution is 2.19. The number of hydrogen-bond donors (Lipinski definition) is 2. The first-order valence-electron chi connectivity index (χ1n) is 7.90. The van der Waals surface area contributed by atoms with Crippen LogP contribution < -0.4 is 15.5 Å². The van der Waals surface area contributed by atoms with Crippen LogP contribution in [0.15, 0.2) is 24.3 Å². The average molecular weight is 337 g/mol. The van der Waals surface area contributed by atoms with Gasteiger partial charge in [-0.25, -0.2) is 0 Å². The number of piperazine rings is 1. The van der Waals surface area contributed by atoms with Gasteiger partial charge in [0, 0.05) is 50.0 Å². The molecule has 3 rings (SSSR count). The fourth-order valence-electron chi connectivity index (χ4n) is 2.76. The second-order valence-corrected chi connectivity index (χ2v) is 6.35. The Kier molecular flexibility index (Phi) is 5.03. The number of nitrogens with one attached hydrogen (secondary N) is 2. The van der Waals surface area contributed by atoms with Gasteiger partial charge in [-0.1, -0.05) is 11.6 Å². The van der Waals surface area contributed by atoms with Crippen molar-refractivity contribution in [2.45, 2.75) is 0 Å². The number of amides is 2. The molecular weight excluding hydrogens is 316 g/mol. The molecule has 2 heterocycles. The van der Waals surface area contributed by atoms with Crippen molar-refractivity contribution in [3.05, 3.63) is 29.3 Å². The highest BCUT2D eigenvalue weighted by Gasteiger charge is 2.26. The highest BCUT2D eigenvalue weighted by atomic mass is 35.5. The normalized spacial score (nSPS) is 18.5. The Morgan fingerprint density at radius 2 is 1.78 bits per heavy atom. The maximum atomic E-state index is 12.2. The third kappa shape index (κ3) is 3.95. The van der Waals surface area contributed by atoms with Gasteiger partial charge in [0.15, 0.2) is 0 Å². The van der Waals surface area contributed by atoms with Gasteiger partial charge in [0.1, 0.15) is 0 Å². The number of carbonyl (C=O) groups excluding carboxylic acids is 2. The van der Waals surface area contributed by atoms with Gasteiger partial charge >= 0.3 is 0 Å². The summed E-state index contributed by atoms with van der Waals surface area (Å²) in [6, 6.07) is 7.73. The van der Waals surface area contributed by atoms with Crippen LogP contribution in [0, 0.1) is 5.92 Å². The summed E-state index contributed by atoms with van der Waals surface area (Å²) in [5.41, 5.74) is 1.12. The molecule has 124 valence electrons. The summed E-state index contributed by atoms with van der Waals surface area (Å²) in [7, 11) is 0. The molecule has 23 heavy (non-hydrogen) atoms. The molecule has 7 heteroatoms. The van der Waals surface area contributed by atoms with Crippen LogP contribution in [0.25, 0.3) is 0 Å². The second-order valence-electron chi connectivity index (χ2n) is 5.92. The lowest BCUT2D eigenvalue weighted by molar-refractivity contribution is -0.134. The number of anilines is 1. The quantitative estimate of drug-likeness (QED) is 0.831. The zero-order chi connectivity index (χ0) is 16.2. The van der Waals surface area contributed by atoms with Crippen molar-refractivity contribution >= 4 is 29.1 Å². The fourth-order valence-corrected chi connectivity index (χ4v) is 2.88. The standard InChI is InChI=1S/C16H21ClN4O2/c17-13-1-3-14(4-2-13)20-5-7-21(8-6-20)15(22)11-19-16(23)12-9-18-10-12/h1-4,12,18H,5-11H2,(H,19,23). The smallest absolute Gasteiger partial charge is 0.242 e. The van der Waals surface area contributed by atoms with Crippen LogP contribution in [0.5, 0.6) is 0 Å². The van der Waals surface area contributed by atoms with E-state index in [2.05, 4.69) is 15.5 Å². The van der Waals surface area contributed by atoms with E-state index in [1.165, 1.54) is 0 Å². The molecule has 2 fully saturated rings. The molecule has 0 unspecified atom stereocenters. The topological polar surface area (TPSA) is 64.7 Å². The van der Waals surface area contributed by atoms with Crippen LogP contribution in [-0.2, 0) is 9.59 Å². The number of benzene rings is 1. The maximum Gasteiger partial charge on any atom is 0.242 e. The van der Waals surface area contributed by atoms with E-state index in [4.69, 9.17) is 11.6 Å². The minimum absolute atomic E-state index is 0.0126. The maximum absolute atomic E-state index is 12.2. The van der Waals surface area contributed by atoms with Crippen molar-refractivity contribution in [2.24, 2.45) is 5.92 Å². The van der Waals surface area contributed by atoms with Gasteiger partial charge in [-0.05, 0) is 24.3 Å². The van der Waals surface area contributed by atoms with Crippen LogP contribution in [0.2, 0.25) is 5.02 Å². The van der Waals surface area contributed by atoms with E-state index < -0.39 is 0 Å². The molecule has 2 N–H and O–H groups in total. The first-order chi connectivity index (χ1) is 11.1. The second kappa shape index (κ2) is 7.19. The van der Waals surface area contributed by atoms with Gasteiger partial charge in [0.05, 0.1) is 12.5 Å². The summed E-state index contributed by atoms with van der Waals surface area (Å²) in [5, 5.41) is 6.50. The predicted molar refractivity (Wildman–Crippen MR) is 89.6 cm³/mol. The molecule has 2 aliphatic rings. The molecule has 2 aliphatic heterocycles. The summed E-state index contributed by atoms with van der Waals surface area (Å²) in [6.07, 6.45) is 0. The van der Waals surface area contributed by atoms with Crippen LogP contribution in [0.1, 0.15) is 0 Å². The van der Waals surface area contributed by atoms with Crippen molar-refractivity contribution < 1.29 is 9.59 Å². The summed E-state index contributed by atoms with van der Waals surface area (Å²) in [4.78, 5) is 28.0. The number of rotatable bonds is 4. The van der Waals surface area contributed by atoms with E-state index in [9.17, 15) is 9.59 Å². The monoisotopic (exact) mass is 336 g/mol. The van der Waals surface area contributed by atoms with Crippen molar-refractivity contribution in [3.63, 3.8) is 0 Å². The Hall–Kier alpha value is -1.79. The molecule has 6 nitrogen and oxygen atoms in total. The first-order valence-corrected chi connectivity index (χ1v) is 8.28. The van der Waals surface area contributed by atoms with Crippen molar-refractivity contribution in [1.29, 1.82) is 0 Å². The van der Waals surface area contributed by atoms with Gasteiger partial charge in [0.2, 0.25) is 11.8 Å². The van der Waals surface area contributed by atoms with Crippen LogP contribution in [-0.4, -0.2) is 62.5 Å². The highest BCUT2D eigenvalue weighted by molar-refractivity contribution is 6.30. The summed E-state index contributed by atoms with van der Waals surface area (Å²) >= 11 is 5.90. The molecule has 2 amide bonds. The molecule has 0 radical (unpaired) electrons. The third-order valence-corrected chi connectivity index (χ3v) is 4.64. The van der Waals surface area contributed by atoms with E-state index >= 15 is 0 Å². The minimum atomic E-state index is -0.0306. The minimum Gasteiger partial charge on any atom is -0.368 e. The summed E-state index contributed by atoms with van der Waals surface area (Å²) in [5.74, 6) is -0.0251. The Morgan fingerprint density at radius 1 is 1.13 bits per heavy atom. The largest absolute Gasteiger partial charge is 0.368 e. The zero-order valence-corrected chi connectivity index (χ0v) is 13.7. The summed E-state index contributed by atoms with van der Waals surface area (Å²) < 4.78 is 0. The van der Waals surface area contributed by atoms with Crippen molar-refractivity contribution in [3.8, 4) is 0 Å². The van der Waals surface area contributed by atoms with Crippen molar-refractivity contribution in [1.82, 2.24) is 15.5 Å². The lowest BCUT2D eigenvalue weighted by Gasteiger charge is -2.36. The van der Waals surface area contributed by atoms with E-state index in [-0.39, 0.29) is 24.3 Å². The number of hydrogen-bond acceptors (Lipinski definition) is 4. The van der Waals surface area contributed by atoms with Gasteiger partial charge in [0.25, 0.3) is 0 Å². The van der Waals surface area contributed by atoms with Gasteiger partial charge < -0.3 is 20.4 Å². The molecule has 0 aliphatic carbocycles. The molecule has 1 aromatic rings.